The normalized spacial score (nSPS) is 17.3. The van der Waals surface area contributed by atoms with Crippen molar-refractivity contribution in [3.05, 3.63) is 72.4 Å². The summed E-state index contributed by atoms with van der Waals surface area (Å²) < 4.78 is 1.51. The molecule has 1 aromatic carbocycles. The van der Waals surface area contributed by atoms with E-state index in [0.29, 0.717) is 11.4 Å². The molecule has 0 aliphatic carbocycles. The Morgan fingerprint density at radius 1 is 1.19 bits per heavy atom. The molecule has 1 unspecified atom stereocenters. The number of benzene rings is 1. The molecule has 7 heteroatoms. The zero-order valence-electron chi connectivity index (χ0n) is 14.3. The second kappa shape index (κ2) is 7.45. The van der Waals surface area contributed by atoms with Gasteiger partial charge in [-0.1, -0.05) is 30.3 Å². The smallest absolute Gasteiger partial charge is 0.255 e. The molecule has 1 saturated heterocycles. The molecule has 7 nitrogen and oxygen atoms in total. The van der Waals surface area contributed by atoms with E-state index in [1.807, 2.05) is 6.07 Å². The number of nitrogens with one attached hydrogen (secondary N) is 1. The minimum atomic E-state index is -0.129. The third-order valence-corrected chi connectivity index (χ3v) is 4.52. The Morgan fingerprint density at radius 3 is 2.88 bits per heavy atom. The van der Waals surface area contributed by atoms with E-state index in [0.717, 1.165) is 26.1 Å². The molecule has 0 saturated carbocycles. The topological polar surface area (TPSA) is 75.9 Å². The van der Waals surface area contributed by atoms with Gasteiger partial charge in [-0.05, 0) is 24.1 Å². The van der Waals surface area contributed by atoms with Gasteiger partial charge in [0, 0.05) is 31.9 Å². The summed E-state index contributed by atoms with van der Waals surface area (Å²) in [6.07, 6.45) is 5.55. The fraction of sp³-hybridized carbons (Fsp3) is 0.263. The van der Waals surface area contributed by atoms with Gasteiger partial charge in [0.1, 0.15) is 12.7 Å². The van der Waals surface area contributed by atoms with Crippen LogP contribution in [0.15, 0.2) is 61.3 Å². The molecule has 3 heterocycles. The predicted molar refractivity (Wildman–Crippen MR) is 96.7 cm³/mol. The molecule has 132 valence electrons. The number of hydrogen-bond donors (Lipinski definition) is 1. The number of amides is 1. The van der Waals surface area contributed by atoms with Crippen LogP contribution in [0.25, 0.3) is 5.82 Å². The second-order valence-electron chi connectivity index (χ2n) is 6.39. The summed E-state index contributed by atoms with van der Waals surface area (Å²) in [5.74, 6) is 0.358. The van der Waals surface area contributed by atoms with E-state index in [9.17, 15) is 4.79 Å². The number of nitrogens with zero attached hydrogens (tertiary/aromatic N) is 5. The maximum absolute atomic E-state index is 12.8. The lowest BCUT2D eigenvalue weighted by Gasteiger charge is -2.17. The van der Waals surface area contributed by atoms with Crippen molar-refractivity contribution in [3.63, 3.8) is 0 Å². The minimum Gasteiger partial charge on any atom is -0.348 e. The van der Waals surface area contributed by atoms with E-state index in [1.165, 1.54) is 22.9 Å². The Kier molecular flexibility index (Phi) is 4.70. The van der Waals surface area contributed by atoms with Crippen LogP contribution in [0.5, 0.6) is 0 Å². The van der Waals surface area contributed by atoms with Crippen LogP contribution in [0.3, 0.4) is 0 Å². The van der Waals surface area contributed by atoms with E-state index in [1.54, 1.807) is 18.3 Å². The fourth-order valence-electron chi connectivity index (χ4n) is 3.27. The number of hydrogen-bond acceptors (Lipinski definition) is 5. The lowest BCUT2D eigenvalue weighted by molar-refractivity contribution is 0.0937. The zero-order chi connectivity index (χ0) is 17.8. The molecule has 1 fully saturated rings. The molecule has 0 bridgehead atoms. The molecule has 1 N–H and O–H groups in total. The van der Waals surface area contributed by atoms with Gasteiger partial charge in [-0.3, -0.25) is 9.69 Å². The first-order chi connectivity index (χ1) is 12.8. The molecule has 0 radical (unpaired) electrons. The number of rotatable bonds is 5. The van der Waals surface area contributed by atoms with Crippen LogP contribution >= 0.6 is 0 Å². The average Bonchev–Trinajstić information content (AvgIpc) is 3.35. The number of carbonyl (C=O) groups excluding carboxylic acids is 1. The molecule has 2 aromatic heterocycles. The molecule has 1 atom stereocenters. The van der Waals surface area contributed by atoms with Gasteiger partial charge in [-0.25, -0.2) is 14.6 Å². The van der Waals surface area contributed by atoms with E-state index in [4.69, 9.17) is 0 Å². The fourth-order valence-corrected chi connectivity index (χ4v) is 3.27. The van der Waals surface area contributed by atoms with E-state index in [-0.39, 0.29) is 11.9 Å². The third-order valence-electron chi connectivity index (χ3n) is 4.52. The first-order valence-electron chi connectivity index (χ1n) is 8.67. The van der Waals surface area contributed by atoms with Crippen molar-refractivity contribution >= 4 is 5.91 Å². The molecular formula is C19H20N6O. The van der Waals surface area contributed by atoms with Gasteiger partial charge in [0.15, 0.2) is 5.82 Å². The SMILES string of the molecule is O=C(NC1CCN(Cc2ccccc2)C1)c1cccnc1-n1cncn1. The van der Waals surface area contributed by atoms with Gasteiger partial charge in [0.05, 0.1) is 5.56 Å². The van der Waals surface area contributed by atoms with Crippen molar-refractivity contribution in [1.29, 1.82) is 0 Å². The summed E-state index contributed by atoms with van der Waals surface area (Å²) in [5, 5.41) is 7.21. The maximum atomic E-state index is 12.8. The first kappa shape index (κ1) is 16.4. The lowest BCUT2D eigenvalue weighted by Crippen LogP contribution is -2.37. The predicted octanol–water partition coefficient (Wildman–Crippen LogP) is 1.67. The summed E-state index contributed by atoms with van der Waals surface area (Å²) in [5.41, 5.74) is 1.79. The molecule has 26 heavy (non-hydrogen) atoms. The van der Waals surface area contributed by atoms with Crippen LogP contribution in [0, 0.1) is 0 Å². The van der Waals surface area contributed by atoms with Gasteiger partial charge in [0.2, 0.25) is 0 Å². The van der Waals surface area contributed by atoms with Crippen LogP contribution in [-0.2, 0) is 6.54 Å². The van der Waals surface area contributed by atoms with Crippen molar-refractivity contribution in [2.24, 2.45) is 0 Å². The van der Waals surface area contributed by atoms with Crippen LogP contribution in [0.1, 0.15) is 22.3 Å². The van der Waals surface area contributed by atoms with Crippen LogP contribution in [0.4, 0.5) is 0 Å². The quantitative estimate of drug-likeness (QED) is 0.759. The Balaban J connectivity index is 1.40. The Hall–Kier alpha value is -3.06. The number of pyridine rings is 1. The Bertz CT molecular complexity index is 865. The van der Waals surface area contributed by atoms with Gasteiger partial charge in [0.25, 0.3) is 5.91 Å². The standard InChI is InChI=1S/C19H20N6O/c26-19(17-7-4-9-21-18(17)25-14-20-13-22-25)23-16-8-10-24(12-16)11-15-5-2-1-3-6-15/h1-7,9,13-14,16H,8,10-12H2,(H,23,26). The van der Waals surface area contributed by atoms with Crippen LogP contribution < -0.4 is 5.32 Å². The second-order valence-corrected chi connectivity index (χ2v) is 6.39. The monoisotopic (exact) mass is 348 g/mol. The molecule has 0 spiro atoms. The van der Waals surface area contributed by atoms with Crippen LogP contribution in [0.2, 0.25) is 0 Å². The number of aromatic nitrogens is 4. The molecular weight excluding hydrogens is 328 g/mol. The molecule has 1 amide bonds. The van der Waals surface area contributed by atoms with E-state index < -0.39 is 0 Å². The van der Waals surface area contributed by atoms with Crippen molar-refractivity contribution < 1.29 is 4.79 Å². The molecule has 1 aliphatic heterocycles. The van der Waals surface area contributed by atoms with Gasteiger partial charge in [-0.2, -0.15) is 5.10 Å². The third kappa shape index (κ3) is 3.62. The highest BCUT2D eigenvalue weighted by Gasteiger charge is 2.25. The zero-order valence-corrected chi connectivity index (χ0v) is 14.3. The van der Waals surface area contributed by atoms with E-state index >= 15 is 0 Å². The summed E-state index contributed by atoms with van der Waals surface area (Å²) in [4.78, 5) is 23.3. The maximum Gasteiger partial charge on any atom is 0.255 e. The van der Waals surface area contributed by atoms with Crippen molar-refractivity contribution in [1.82, 2.24) is 30.0 Å². The lowest BCUT2D eigenvalue weighted by atomic mass is 10.2. The van der Waals surface area contributed by atoms with Crippen molar-refractivity contribution in [2.75, 3.05) is 13.1 Å². The highest BCUT2D eigenvalue weighted by Crippen LogP contribution is 2.15. The molecule has 3 aromatic rings. The Labute approximate surface area is 151 Å². The van der Waals surface area contributed by atoms with Gasteiger partial charge >= 0.3 is 0 Å². The Morgan fingerprint density at radius 2 is 2.08 bits per heavy atom. The summed E-state index contributed by atoms with van der Waals surface area (Å²) >= 11 is 0. The van der Waals surface area contributed by atoms with Crippen molar-refractivity contribution in [2.45, 2.75) is 19.0 Å². The van der Waals surface area contributed by atoms with Crippen molar-refractivity contribution in [3.8, 4) is 5.82 Å². The minimum absolute atomic E-state index is 0.129. The number of carbonyl (C=O) groups is 1. The van der Waals surface area contributed by atoms with E-state index in [2.05, 4.69) is 49.5 Å². The van der Waals surface area contributed by atoms with Gasteiger partial charge < -0.3 is 5.32 Å². The first-order valence-corrected chi connectivity index (χ1v) is 8.67. The number of likely N-dealkylation sites (tertiary alicyclic amines) is 1. The molecule has 1 aliphatic rings. The highest BCUT2D eigenvalue weighted by molar-refractivity contribution is 5.97. The van der Waals surface area contributed by atoms with Gasteiger partial charge in [-0.15, -0.1) is 0 Å². The average molecular weight is 348 g/mol. The summed E-state index contributed by atoms with van der Waals surface area (Å²) in [7, 11) is 0. The van der Waals surface area contributed by atoms with Crippen LogP contribution in [-0.4, -0.2) is 49.7 Å². The summed E-state index contributed by atoms with van der Waals surface area (Å²) in [6, 6.07) is 14.0. The largest absolute Gasteiger partial charge is 0.348 e. The summed E-state index contributed by atoms with van der Waals surface area (Å²) in [6.45, 7) is 2.73. The molecule has 4 rings (SSSR count). The highest BCUT2D eigenvalue weighted by atomic mass is 16.1.